The molecule has 1 unspecified atom stereocenters. The molecular weight excluding hydrogens is 232 g/mol. The Balaban J connectivity index is 0.00000225. The van der Waals surface area contributed by atoms with Crippen molar-refractivity contribution in [1.29, 1.82) is 0 Å². The number of hydrogen-bond donors (Lipinski definition) is 4. The number of nitrogens with one attached hydrogen (secondary N) is 1. The fourth-order valence-corrected chi connectivity index (χ4v) is 1.32. The van der Waals surface area contributed by atoms with E-state index >= 15 is 0 Å². The molecule has 9 heteroatoms. The topological polar surface area (TPSA) is 121 Å². The van der Waals surface area contributed by atoms with Crippen molar-refractivity contribution in [2.75, 3.05) is 0 Å². The first-order chi connectivity index (χ1) is 7.20. The molecule has 16 heavy (non-hydrogen) atoms. The number of aromatic amines is 1. The first-order valence-corrected chi connectivity index (χ1v) is 5.05. The molecule has 0 saturated carbocycles. The Labute approximate surface area is 100 Å². The Hall–Kier alpha value is -0.695. The van der Waals surface area contributed by atoms with Crippen LogP contribution in [0.5, 0.6) is 0 Å². The van der Waals surface area contributed by atoms with Crippen LogP contribution in [0.3, 0.4) is 0 Å². The van der Waals surface area contributed by atoms with Crippen LogP contribution >= 0.6 is 12.4 Å². The largest absolute Gasteiger partial charge is 0.451 e. The van der Waals surface area contributed by atoms with E-state index in [9.17, 15) is 0 Å². The lowest BCUT2D eigenvalue weighted by Crippen LogP contribution is -2.12. The SMILES string of the molecule is Cl.NC(CCCCCB(O)O)c1nn[nH]n1. The molecule has 1 rings (SSSR count). The van der Waals surface area contributed by atoms with E-state index in [-0.39, 0.29) is 18.4 Å². The predicted molar refractivity (Wildman–Crippen MR) is 61.8 cm³/mol. The minimum Gasteiger partial charge on any atom is -0.427 e. The number of H-pyrrole nitrogens is 1. The van der Waals surface area contributed by atoms with Crippen molar-refractivity contribution in [2.24, 2.45) is 5.73 Å². The number of tetrazole rings is 1. The van der Waals surface area contributed by atoms with Gasteiger partial charge in [-0.3, -0.25) is 0 Å². The van der Waals surface area contributed by atoms with Gasteiger partial charge in [-0.2, -0.15) is 5.21 Å². The lowest BCUT2D eigenvalue weighted by molar-refractivity contribution is 0.401. The summed E-state index contributed by atoms with van der Waals surface area (Å²) in [6.45, 7) is 0. The Morgan fingerprint density at radius 3 is 2.62 bits per heavy atom. The highest BCUT2D eigenvalue weighted by Crippen LogP contribution is 2.13. The third-order valence-electron chi connectivity index (χ3n) is 2.17. The van der Waals surface area contributed by atoms with Crippen molar-refractivity contribution in [3.63, 3.8) is 0 Å². The van der Waals surface area contributed by atoms with Crippen LogP contribution in [0.2, 0.25) is 6.32 Å². The van der Waals surface area contributed by atoms with E-state index in [4.69, 9.17) is 15.8 Å². The summed E-state index contributed by atoms with van der Waals surface area (Å²) in [7, 11) is -1.20. The van der Waals surface area contributed by atoms with Crippen LogP contribution < -0.4 is 5.73 Å². The molecule has 92 valence electrons. The summed E-state index contributed by atoms with van der Waals surface area (Å²) in [5, 5.41) is 30.6. The molecule has 0 aliphatic heterocycles. The molecular formula is C7H17BClN5O2. The van der Waals surface area contributed by atoms with Gasteiger partial charge in [-0.05, 0) is 12.7 Å². The number of rotatable bonds is 7. The van der Waals surface area contributed by atoms with E-state index in [1.807, 2.05) is 0 Å². The van der Waals surface area contributed by atoms with Gasteiger partial charge >= 0.3 is 7.12 Å². The highest BCUT2D eigenvalue weighted by molar-refractivity contribution is 6.40. The number of halogens is 1. The summed E-state index contributed by atoms with van der Waals surface area (Å²) in [4.78, 5) is 0. The number of aromatic nitrogens is 4. The highest BCUT2D eigenvalue weighted by Gasteiger charge is 2.10. The molecule has 0 radical (unpaired) electrons. The van der Waals surface area contributed by atoms with Crippen molar-refractivity contribution >= 4 is 19.5 Å². The molecule has 0 saturated heterocycles. The number of unbranched alkanes of at least 4 members (excludes halogenated alkanes) is 2. The molecule has 1 atom stereocenters. The van der Waals surface area contributed by atoms with Gasteiger partial charge in [0.2, 0.25) is 0 Å². The molecule has 0 aliphatic rings. The van der Waals surface area contributed by atoms with E-state index in [0.29, 0.717) is 12.1 Å². The van der Waals surface area contributed by atoms with Crippen molar-refractivity contribution in [3.05, 3.63) is 5.82 Å². The molecule has 0 fully saturated rings. The third-order valence-corrected chi connectivity index (χ3v) is 2.17. The summed E-state index contributed by atoms with van der Waals surface area (Å²) in [6.07, 6.45) is 3.82. The van der Waals surface area contributed by atoms with Gasteiger partial charge < -0.3 is 15.8 Å². The predicted octanol–water partition coefficient (Wildman–Crippen LogP) is -0.346. The van der Waals surface area contributed by atoms with Gasteiger partial charge in [0.15, 0.2) is 5.82 Å². The zero-order valence-electron chi connectivity index (χ0n) is 8.91. The molecule has 7 nitrogen and oxygen atoms in total. The van der Waals surface area contributed by atoms with Gasteiger partial charge in [0.25, 0.3) is 0 Å². The van der Waals surface area contributed by atoms with Gasteiger partial charge in [-0.15, -0.1) is 22.6 Å². The average molecular weight is 250 g/mol. The van der Waals surface area contributed by atoms with Crippen LogP contribution in [0, 0.1) is 0 Å². The molecule has 1 heterocycles. The van der Waals surface area contributed by atoms with Gasteiger partial charge in [0.1, 0.15) is 0 Å². The fourth-order valence-electron chi connectivity index (χ4n) is 1.32. The minimum absolute atomic E-state index is 0. The van der Waals surface area contributed by atoms with Gasteiger partial charge in [0.05, 0.1) is 6.04 Å². The second-order valence-electron chi connectivity index (χ2n) is 3.50. The maximum atomic E-state index is 8.61. The standard InChI is InChI=1S/C7H16BN5O2.ClH/c9-6(7-10-12-13-11-7)4-2-1-3-5-8(14)15;/h6,14-15H,1-5,9H2,(H,10,11,12,13);1H. The number of hydrogen-bond acceptors (Lipinski definition) is 6. The normalized spacial score (nSPS) is 11.9. The molecule has 0 spiro atoms. The fraction of sp³-hybridized carbons (Fsp3) is 0.857. The lowest BCUT2D eigenvalue weighted by atomic mass is 9.83. The van der Waals surface area contributed by atoms with Crippen molar-refractivity contribution in [2.45, 2.75) is 38.0 Å². The van der Waals surface area contributed by atoms with E-state index in [1.165, 1.54) is 0 Å². The zero-order chi connectivity index (χ0) is 11.1. The van der Waals surface area contributed by atoms with Crippen LogP contribution in [0.25, 0.3) is 0 Å². The summed E-state index contributed by atoms with van der Waals surface area (Å²) >= 11 is 0. The van der Waals surface area contributed by atoms with Crippen molar-refractivity contribution in [1.82, 2.24) is 20.6 Å². The molecule has 1 aromatic rings. The smallest absolute Gasteiger partial charge is 0.427 e. The Morgan fingerprint density at radius 1 is 1.31 bits per heavy atom. The van der Waals surface area contributed by atoms with Crippen LogP contribution in [0.15, 0.2) is 0 Å². The van der Waals surface area contributed by atoms with Crippen LogP contribution in [0.4, 0.5) is 0 Å². The Kier molecular flexibility index (Phi) is 8.09. The monoisotopic (exact) mass is 249 g/mol. The minimum atomic E-state index is -1.20. The lowest BCUT2D eigenvalue weighted by Gasteiger charge is -2.06. The molecule has 0 aliphatic carbocycles. The van der Waals surface area contributed by atoms with Crippen LogP contribution in [-0.2, 0) is 0 Å². The Morgan fingerprint density at radius 2 is 2.06 bits per heavy atom. The first kappa shape index (κ1) is 15.3. The molecule has 0 aromatic carbocycles. The average Bonchev–Trinajstić information content (AvgIpc) is 2.69. The second kappa shape index (κ2) is 8.46. The second-order valence-corrected chi connectivity index (χ2v) is 3.50. The summed E-state index contributed by atoms with van der Waals surface area (Å²) in [6, 6.07) is -0.192. The molecule has 5 N–H and O–H groups in total. The van der Waals surface area contributed by atoms with Gasteiger partial charge in [-0.25, -0.2) is 0 Å². The molecule has 1 aromatic heterocycles. The maximum absolute atomic E-state index is 8.61. The number of nitrogens with two attached hydrogens (primary N) is 1. The van der Waals surface area contributed by atoms with E-state index in [1.54, 1.807) is 0 Å². The van der Waals surface area contributed by atoms with E-state index < -0.39 is 7.12 Å². The zero-order valence-corrected chi connectivity index (χ0v) is 9.73. The third kappa shape index (κ3) is 6.01. The molecule has 0 bridgehead atoms. The Bertz CT molecular complexity index is 261. The van der Waals surface area contributed by atoms with Crippen LogP contribution in [-0.4, -0.2) is 37.8 Å². The number of nitrogens with zero attached hydrogens (tertiary/aromatic N) is 3. The first-order valence-electron chi connectivity index (χ1n) is 5.05. The summed E-state index contributed by atoms with van der Waals surface area (Å²) in [5.74, 6) is 0.525. The summed E-state index contributed by atoms with van der Waals surface area (Å²) in [5.41, 5.74) is 5.80. The van der Waals surface area contributed by atoms with E-state index in [2.05, 4.69) is 20.6 Å². The highest BCUT2D eigenvalue weighted by atomic mass is 35.5. The maximum Gasteiger partial charge on any atom is 0.451 e. The van der Waals surface area contributed by atoms with Gasteiger partial charge in [-0.1, -0.05) is 24.5 Å². The quantitative estimate of drug-likeness (QED) is 0.387. The van der Waals surface area contributed by atoms with E-state index in [0.717, 1.165) is 25.7 Å². The van der Waals surface area contributed by atoms with Crippen LogP contribution in [0.1, 0.15) is 37.5 Å². The van der Waals surface area contributed by atoms with Crippen molar-refractivity contribution in [3.8, 4) is 0 Å². The van der Waals surface area contributed by atoms with Crippen molar-refractivity contribution < 1.29 is 10.0 Å². The molecule has 0 amide bonds. The van der Waals surface area contributed by atoms with Gasteiger partial charge in [0, 0.05) is 0 Å². The summed E-state index contributed by atoms with van der Waals surface area (Å²) < 4.78 is 0.